The van der Waals surface area contributed by atoms with Crippen molar-refractivity contribution < 1.29 is 19.1 Å². The number of hydrogen-bond donors (Lipinski definition) is 3. The first-order valence-corrected chi connectivity index (χ1v) is 14.8. The Hall–Kier alpha value is -4.53. The summed E-state index contributed by atoms with van der Waals surface area (Å²) in [5.74, 6) is -3.82. The van der Waals surface area contributed by atoms with Gasteiger partial charge in [0.25, 0.3) is 0 Å². The van der Waals surface area contributed by atoms with Gasteiger partial charge in [0, 0.05) is 38.3 Å². The molecule has 1 fully saturated rings. The van der Waals surface area contributed by atoms with Crippen LogP contribution in [0.4, 0.5) is 10.1 Å². The molecule has 0 radical (unpaired) electrons. The fourth-order valence-corrected chi connectivity index (χ4v) is 6.91. The molecular formula is C32H30Cl2FN7O3. The second-order valence-electron chi connectivity index (χ2n) is 12.3. The third kappa shape index (κ3) is 5.49. The standard InChI is InChI=1S/C32H30Cl2FN7O3/c1-16-19(6-5-7-22(16)34)26-27(30(44)45)42(24-11-8-17(28(37)43)12-20(24)29-38-40-41-39-29)25(14-31(2,3)4)32(26,15-36)21-10-9-18(33)13-23(21)35/h5-13,25-27H,14H2,1-4H3,(H2,37,43)(H,44,45)(H,38,39,40,41)/t25-,26-,27+,32-/m0/s1. The fraction of sp³-hybridized carbons (Fsp3) is 0.312. The van der Waals surface area contributed by atoms with Gasteiger partial charge in [0.2, 0.25) is 11.7 Å². The molecule has 0 bridgehead atoms. The maximum absolute atomic E-state index is 16.2. The van der Waals surface area contributed by atoms with Crippen molar-refractivity contribution >= 4 is 40.8 Å². The van der Waals surface area contributed by atoms with Crippen LogP contribution >= 0.6 is 23.2 Å². The number of aliphatic carboxylic acids is 1. The van der Waals surface area contributed by atoms with Gasteiger partial charge in [-0.05, 0) is 71.5 Å². The molecule has 3 aromatic carbocycles. The van der Waals surface area contributed by atoms with Gasteiger partial charge in [-0.2, -0.15) is 10.5 Å². The predicted octanol–water partition coefficient (Wildman–Crippen LogP) is 6.04. The number of aromatic amines is 1. The zero-order valence-corrected chi connectivity index (χ0v) is 26.4. The molecule has 45 heavy (non-hydrogen) atoms. The highest BCUT2D eigenvalue weighted by Crippen LogP contribution is 2.58. The van der Waals surface area contributed by atoms with Gasteiger partial charge in [-0.1, -0.05) is 62.2 Å². The average molecular weight is 651 g/mol. The molecule has 1 aliphatic rings. The van der Waals surface area contributed by atoms with Crippen LogP contribution in [0.25, 0.3) is 11.4 Å². The van der Waals surface area contributed by atoms with E-state index in [-0.39, 0.29) is 34.0 Å². The number of hydrogen-bond acceptors (Lipinski definition) is 7. The summed E-state index contributed by atoms with van der Waals surface area (Å²) in [6.07, 6.45) is 0.242. The molecule has 4 atom stereocenters. The van der Waals surface area contributed by atoms with Gasteiger partial charge in [0.05, 0.1) is 12.1 Å². The number of carbonyl (C=O) groups excluding carboxylic acids is 1. The van der Waals surface area contributed by atoms with Crippen LogP contribution in [-0.2, 0) is 10.2 Å². The number of carbonyl (C=O) groups is 2. The summed E-state index contributed by atoms with van der Waals surface area (Å²) in [4.78, 5) is 27.4. The minimum absolute atomic E-state index is 0.00311. The first-order valence-electron chi connectivity index (χ1n) is 14.0. The van der Waals surface area contributed by atoms with Gasteiger partial charge in [-0.25, -0.2) is 9.18 Å². The van der Waals surface area contributed by atoms with Crippen molar-refractivity contribution in [1.82, 2.24) is 20.6 Å². The molecular weight excluding hydrogens is 620 g/mol. The fourth-order valence-electron chi connectivity index (χ4n) is 6.57. The Kier molecular flexibility index (Phi) is 8.33. The van der Waals surface area contributed by atoms with Gasteiger partial charge >= 0.3 is 5.97 Å². The minimum atomic E-state index is -1.79. The van der Waals surface area contributed by atoms with Crippen molar-refractivity contribution in [3.8, 4) is 17.5 Å². The lowest BCUT2D eigenvalue weighted by molar-refractivity contribution is -0.138. The number of rotatable bonds is 7. The van der Waals surface area contributed by atoms with Crippen molar-refractivity contribution in [3.63, 3.8) is 0 Å². The lowest BCUT2D eigenvalue weighted by Crippen LogP contribution is -2.47. The van der Waals surface area contributed by atoms with Gasteiger partial charge in [-0.3, -0.25) is 4.79 Å². The van der Waals surface area contributed by atoms with Crippen LogP contribution in [0.5, 0.6) is 0 Å². The van der Waals surface area contributed by atoms with Crippen molar-refractivity contribution in [2.45, 2.75) is 57.5 Å². The molecule has 0 aliphatic carbocycles. The highest BCUT2D eigenvalue weighted by atomic mass is 35.5. The number of halogens is 3. The van der Waals surface area contributed by atoms with Crippen LogP contribution < -0.4 is 10.6 Å². The van der Waals surface area contributed by atoms with Crippen LogP contribution in [0.3, 0.4) is 0 Å². The van der Waals surface area contributed by atoms with E-state index in [2.05, 4.69) is 26.7 Å². The Morgan fingerprint density at radius 3 is 2.49 bits per heavy atom. The molecule has 5 rings (SSSR count). The van der Waals surface area contributed by atoms with E-state index in [9.17, 15) is 20.0 Å². The zero-order valence-electron chi connectivity index (χ0n) is 24.8. The van der Waals surface area contributed by atoms with Crippen LogP contribution in [0, 0.1) is 29.5 Å². The van der Waals surface area contributed by atoms with Gasteiger partial charge in [-0.15, -0.1) is 10.2 Å². The van der Waals surface area contributed by atoms with E-state index < -0.39 is 46.5 Å². The number of nitrogens with zero attached hydrogens (tertiary/aromatic N) is 5. The molecule has 13 heteroatoms. The van der Waals surface area contributed by atoms with Crippen LogP contribution in [-0.4, -0.2) is 49.7 Å². The van der Waals surface area contributed by atoms with E-state index in [1.165, 1.54) is 24.3 Å². The number of tetrazole rings is 1. The van der Waals surface area contributed by atoms with Crippen LogP contribution in [0.1, 0.15) is 60.2 Å². The zero-order chi connectivity index (χ0) is 32.8. The smallest absolute Gasteiger partial charge is 0.327 e. The number of nitriles is 1. The summed E-state index contributed by atoms with van der Waals surface area (Å²) in [5.41, 5.74) is 5.01. The Labute approximate surface area is 268 Å². The first-order chi connectivity index (χ1) is 21.2. The first kappa shape index (κ1) is 31.9. The highest BCUT2D eigenvalue weighted by Gasteiger charge is 2.65. The number of nitrogens with one attached hydrogen (secondary N) is 1. The normalized spacial score (nSPS) is 21.5. The average Bonchev–Trinajstić information content (AvgIpc) is 3.59. The number of anilines is 1. The van der Waals surface area contributed by atoms with Crippen molar-refractivity contribution in [2.75, 3.05) is 4.90 Å². The van der Waals surface area contributed by atoms with Gasteiger partial charge < -0.3 is 15.7 Å². The number of H-pyrrole nitrogens is 1. The molecule has 232 valence electrons. The minimum Gasteiger partial charge on any atom is -0.480 e. The van der Waals surface area contributed by atoms with E-state index >= 15 is 4.39 Å². The molecule has 10 nitrogen and oxygen atoms in total. The van der Waals surface area contributed by atoms with Crippen molar-refractivity contribution in [2.24, 2.45) is 11.1 Å². The lowest BCUT2D eigenvalue weighted by Gasteiger charge is -2.40. The van der Waals surface area contributed by atoms with Crippen LogP contribution in [0.15, 0.2) is 54.6 Å². The Bertz CT molecular complexity index is 1840. The molecule has 4 aromatic rings. The largest absolute Gasteiger partial charge is 0.480 e. The van der Waals surface area contributed by atoms with Gasteiger partial charge in [0.1, 0.15) is 17.3 Å². The molecule has 1 aromatic heterocycles. The second kappa shape index (κ2) is 11.8. The summed E-state index contributed by atoms with van der Waals surface area (Å²) >= 11 is 12.8. The Morgan fingerprint density at radius 1 is 1.18 bits per heavy atom. The quantitative estimate of drug-likeness (QED) is 0.218. The Morgan fingerprint density at radius 2 is 1.91 bits per heavy atom. The monoisotopic (exact) mass is 649 g/mol. The molecule has 1 amide bonds. The molecule has 1 saturated heterocycles. The predicted molar refractivity (Wildman–Crippen MR) is 168 cm³/mol. The maximum atomic E-state index is 16.2. The summed E-state index contributed by atoms with van der Waals surface area (Å²) < 4.78 is 16.2. The lowest BCUT2D eigenvalue weighted by atomic mass is 9.62. The summed E-state index contributed by atoms with van der Waals surface area (Å²) in [6.45, 7) is 7.60. The molecule has 1 aliphatic heterocycles. The summed E-state index contributed by atoms with van der Waals surface area (Å²) in [7, 11) is 0. The number of amides is 1. The summed E-state index contributed by atoms with van der Waals surface area (Å²) in [6, 6.07) is 13.6. The van der Waals surface area contributed by atoms with E-state index in [1.807, 2.05) is 20.8 Å². The Balaban J connectivity index is 1.96. The number of carboxylic acid groups (broad SMARTS) is 1. The molecule has 2 heterocycles. The van der Waals surface area contributed by atoms with E-state index in [0.29, 0.717) is 21.8 Å². The maximum Gasteiger partial charge on any atom is 0.327 e. The third-order valence-corrected chi connectivity index (χ3v) is 9.02. The van der Waals surface area contributed by atoms with Crippen molar-refractivity contribution in [1.29, 1.82) is 5.26 Å². The SMILES string of the molecule is Cc1c(Cl)cccc1[C@H]1[C@H](C(=O)O)N(c2ccc(C(N)=O)cc2-c2nn[nH]n2)[C@@H](CC(C)(C)C)[C@]1(C#N)c1ccc(Cl)cc1F. The van der Waals surface area contributed by atoms with E-state index in [4.69, 9.17) is 28.9 Å². The van der Waals surface area contributed by atoms with Gasteiger partial charge in [0.15, 0.2) is 0 Å². The topological polar surface area (TPSA) is 162 Å². The van der Waals surface area contributed by atoms with Crippen LogP contribution in [0.2, 0.25) is 10.0 Å². The second-order valence-corrected chi connectivity index (χ2v) is 13.2. The van der Waals surface area contributed by atoms with E-state index in [0.717, 1.165) is 6.07 Å². The van der Waals surface area contributed by atoms with E-state index in [1.54, 1.807) is 36.1 Å². The third-order valence-electron chi connectivity index (χ3n) is 8.38. The number of nitrogens with two attached hydrogens (primary N) is 1. The number of carboxylic acids is 1. The number of aromatic nitrogens is 4. The summed E-state index contributed by atoms with van der Waals surface area (Å²) in [5, 5.41) is 37.2. The molecule has 0 saturated carbocycles. The highest BCUT2D eigenvalue weighted by molar-refractivity contribution is 6.31. The number of primary amides is 1. The molecule has 0 unspecified atom stereocenters. The number of benzene rings is 3. The molecule has 4 N–H and O–H groups in total. The van der Waals surface area contributed by atoms with Crippen molar-refractivity contribution in [3.05, 3.63) is 92.7 Å². The molecule has 0 spiro atoms.